The quantitative estimate of drug-likeness (QED) is 0.475. The second-order valence-corrected chi connectivity index (χ2v) is 6.46. The molecular weight excluding hydrogens is 320 g/mol. The maximum atomic E-state index is 5.60. The molecular formula is C18H26N4OS. The van der Waals surface area contributed by atoms with Gasteiger partial charge in [0.2, 0.25) is 5.89 Å². The van der Waals surface area contributed by atoms with Crippen LogP contribution in [0.4, 0.5) is 0 Å². The molecule has 1 aromatic heterocycles. The van der Waals surface area contributed by atoms with Crippen molar-refractivity contribution in [3.05, 3.63) is 46.7 Å². The molecule has 2 N–H and O–H groups in total. The Balaban J connectivity index is 2.05. The van der Waals surface area contributed by atoms with Crippen molar-refractivity contribution in [2.45, 2.75) is 45.7 Å². The van der Waals surface area contributed by atoms with E-state index in [1.807, 2.05) is 13.8 Å². The number of rotatable bonds is 6. The van der Waals surface area contributed by atoms with E-state index in [-0.39, 0.29) is 0 Å². The summed E-state index contributed by atoms with van der Waals surface area (Å²) >= 11 is 1.75. The van der Waals surface area contributed by atoms with E-state index < -0.39 is 0 Å². The van der Waals surface area contributed by atoms with Crippen LogP contribution in [0.5, 0.6) is 0 Å². The first kappa shape index (κ1) is 18.4. The van der Waals surface area contributed by atoms with Crippen LogP contribution in [-0.2, 0) is 13.1 Å². The van der Waals surface area contributed by atoms with Crippen molar-refractivity contribution >= 4 is 17.7 Å². The monoisotopic (exact) mass is 346 g/mol. The Morgan fingerprint density at radius 1 is 1.25 bits per heavy atom. The number of guanidine groups is 1. The highest BCUT2D eigenvalue weighted by Gasteiger charge is 2.07. The van der Waals surface area contributed by atoms with Crippen LogP contribution in [0.2, 0.25) is 0 Å². The SMILES string of the molecule is CCNC(=NCc1ccc(C)cc1SC)NCc1nc(C)c(C)o1. The average Bonchev–Trinajstić information content (AvgIpc) is 2.89. The van der Waals surface area contributed by atoms with Crippen molar-refractivity contribution < 1.29 is 4.42 Å². The molecule has 0 saturated carbocycles. The Hall–Kier alpha value is -1.95. The number of aliphatic imine (C=N–C) groups is 1. The average molecular weight is 347 g/mol. The molecule has 2 aromatic rings. The minimum atomic E-state index is 0.518. The van der Waals surface area contributed by atoms with E-state index in [1.54, 1.807) is 11.8 Å². The number of nitrogens with zero attached hydrogens (tertiary/aromatic N) is 2. The highest BCUT2D eigenvalue weighted by Crippen LogP contribution is 2.22. The van der Waals surface area contributed by atoms with Crippen molar-refractivity contribution in [3.63, 3.8) is 0 Å². The Bertz CT molecular complexity index is 690. The largest absolute Gasteiger partial charge is 0.444 e. The van der Waals surface area contributed by atoms with E-state index in [0.29, 0.717) is 19.0 Å². The number of thioether (sulfide) groups is 1. The van der Waals surface area contributed by atoms with E-state index in [2.05, 4.69) is 58.9 Å². The van der Waals surface area contributed by atoms with Crippen LogP contribution in [0.25, 0.3) is 0 Å². The number of nitrogens with one attached hydrogen (secondary N) is 2. The van der Waals surface area contributed by atoms with Crippen LogP contribution in [0, 0.1) is 20.8 Å². The van der Waals surface area contributed by atoms with E-state index in [9.17, 15) is 0 Å². The maximum absolute atomic E-state index is 5.60. The summed E-state index contributed by atoms with van der Waals surface area (Å²) in [5.74, 6) is 2.30. The Morgan fingerprint density at radius 2 is 2.04 bits per heavy atom. The van der Waals surface area contributed by atoms with Crippen molar-refractivity contribution in [1.82, 2.24) is 15.6 Å². The lowest BCUT2D eigenvalue weighted by Crippen LogP contribution is -2.36. The van der Waals surface area contributed by atoms with Crippen molar-refractivity contribution in [2.24, 2.45) is 4.99 Å². The van der Waals surface area contributed by atoms with Crippen molar-refractivity contribution in [3.8, 4) is 0 Å². The second kappa shape index (κ2) is 8.78. The van der Waals surface area contributed by atoms with E-state index in [1.165, 1.54) is 16.0 Å². The summed E-state index contributed by atoms with van der Waals surface area (Å²) < 4.78 is 5.60. The summed E-state index contributed by atoms with van der Waals surface area (Å²) in [6.07, 6.45) is 2.10. The van der Waals surface area contributed by atoms with Crippen LogP contribution in [-0.4, -0.2) is 23.7 Å². The summed E-state index contributed by atoms with van der Waals surface area (Å²) in [5, 5.41) is 6.53. The third-order valence-corrected chi connectivity index (χ3v) is 4.49. The third kappa shape index (κ3) is 5.03. The van der Waals surface area contributed by atoms with E-state index >= 15 is 0 Å². The van der Waals surface area contributed by atoms with Crippen LogP contribution in [0.3, 0.4) is 0 Å². The fourth-order valence-electron chi connectivity index (χ4n) is 2.26. The highest BCUT2D eigenvalue weighted by atomic mass is 32.2. The van der Waals surface area contributed by atoms with Gasteiger partial charge < -0.3 is 15.1 Å². The van der Waals surface area contributed by atoms with Gasteiger partial charge in [-0.15, -0.1) is 11.8 Å². The molecule has 0 fully saturated rings. The molecule has 0 radical (unpaired) electrons. The van der Waals surface area contributed by atoms with Gasteiger partial charge in [-0.3, -0.25) is 0 Å². The maximum Gasteiger partial charge on any atom is 0.214 e. The van der Waals surface area contributed by atoms with Gasteiger partial charge >= 0.3 is 0 Å². The molecule has 0 atom stereocenters. The number of aromatic nitrogens is 1. The molecule has 0 aliphatic rings. The number of benzene rings is 1. The Morgan fingerprint density at radius 3 is 2.67 bits per heavy atom. The Kier molecular flexibility index (Phi) is 6.73. The fourth-order valence-corrected chi connectivity index (χ4v) is 2.96. The zero-order valence-corrected chi connectivity index (χ0v) is 15.9. The summed E-state index contributed by atoms with van der Waals surface area (Å²) in [4.78, 5) is 10.3. The number of hydrogen-bond acceptors (Lipinski definition) is 4. The van der Waals surface area contributed by atoms with Gasteiger partial charge in [-0.1, -0.05) is 12.1 Å². The Labute approximate surface area is 148 Å². The van der Waals surface area contributed by atoms with Gasteiger partial charge in [-0.2, -0.15) is 0 Å². The zero-order valence-electron chi connectivity index (χ0n) is 15.1. The van der Waals surface area contributed by atoms with Crippen molar-refractivity contribution in [2.75, 3.05) is 12.8 Å². The van der Waals surface area contributed by atoms with Crippen LogP contribution >= 0.6 is 11.8 Å². The van der Waals surface area contributed by atoms with Crippen LogP contribution < -0.4 is 10.6 Å². The topological polar surface area (TPSA) is 62.5 Å². The molecule has 130 valence electrons. The van der Waals surface area contributed by atoms with Crippen LogP contribution in [0.15, 0.2) is 32.5 Å². The van der Waals surface area contributed by atoms with E-state index in [4.69, 9.17) is 4.42 Å². The summed E-state index contributed by atoms with van der Waals surface area (Å²) in [6, 6.07) is 6.48. The fraction of sp³-hybridized carbons (Fsp3) is 0.444. The van der Waals surface area contributed by atoms with Gasteiger partial charge in [0.15, 0.2) is 5.96 Å². The molecule has 2 rings (SSSR count). The first-order chi connectivity index (χ1) is 11.5. The lowest BCUT2D eigenvalue weighted by Gasteiger charge is -2.11. The van der Waals surface area contributed by atoms with Gasteiger partial charge in [0.05, 0.1) is 18.8 Å². The van der Waals surface area contributed by atoms with Gasteiger partial charge in [0, 0.05) is 11.4 Å². The molecule has 24 heavy (non-hydrogen) atoms. The van der Waals surface area contributed by atoms with Crippen LogP contribution in [0.1, 0.15) is 35.4 Å². The van der Waals surface area contributed by atoms with Gasteiger partial charge in [0.25, 0.3) is 0 Å². The molecule has 0 amide bonds. The molecule has 6 heteroatoms. The first-order valence-electron chi connectivity index (χ1n) is 8.12. The minimum Gasteiger partial charge on any atom is -0.444 e. The number of aryl methyl sites for hydroxylation is 3. The molecule has 0 spiro atoms. The first-order valence-corrected chi connectivity index (χ1v) is 9.34. The summed E-state index contributed by atoms with van der Waals surface area (Å²) in [5.41, 5.74) is 3.43. The molecule has 1 aromatic carbocycles. The van der Waals surface area contributed by atoms with Gasteiger partial charge in [-0.05, 0) is 51.1 Å². The smallest absolute Gasteiger partial charge is 0.214 e. The summed E-state index contributed by atoms with van der Waals surface area (Å²) in [7, 11) is 0. The molecule has 0 saturated heterocycles. The van der Waals surface area contributed by atoms with Crippen molar-refractivity contribution in [1.29, 1.82) is 0 Å². The molecule has 0 aliphatic carbocycles. The lowest BCUT2D eigenvalue weighted by molar-refractivity contribution is 0.463. The summed E-state index contributed by atoms with van der Waals surface area (Å²) in [6.45, 7) is 9.99. The predicted molar refractivity (Wildman–Crippen MR) is 101 cm³/mol. The molecule has 5 nitrogen and oxygen atoms in total. The standard InChI is InChI=1S/C18H26N4OS/c1-6-19-18(21-11-17-22-13(3)14(4)23-17)20-10-15-8-7-12(2)9-16(15)24-5/h7-9H,6,10-11H2,1-5H3,(H2,19,20,21). The molecule has 1 heterocycles. The van der Waals surface area contributed by atoms with E-state index in [0.717, 1.165) is 24.0 Å². The normalized spacial score (nSPS) is 11.6. The molecule has 0 aliphatic heterocycles. The third-order valence-electron chi connectivity index (χ3n) is 3.67. The molecule has 0 bridgehead atoms. The second-order valence-electron chi connectivity index (χ2n) is 5.61. The predicted octanol–water partition coefficient (Wildman–Crippen LogP) is 3.58. The number of hydrogen-bond donors (Lipinski definition) is 2. The minimum absolute atomic E-state index is 0.518. The van der Waals surface area contributed by atoms with Gasteiger partial charge in [-0.25, -0.2) is 9.98 Å². The zero-order chi connectivity index (χ0) is 17.5. The number of oxazole rings is 1. The van der Waals surface area contributed by atoms with Gasteiger partial charge in [0.1, 0.15) is 5.76 Å². The lowest BCUT2D eigenvalue weighted by atomic mass is 10.1. The molecule has 0 unspecified atom stereocenters. The highest BCUT2D eigenvalue weighted by molar-refractivity contribution is 7.98.